The molecule has 2 amide bonds. The van der Waals surface area contributed by atoms with Crippen LogP contribution in [0.25, 0.3) is 22.6 Å². The number of anilines is 1. The Morgan fingerprint density at radius 3 is 2.65 bits per heavy atom. The van der Waals surface area contributed by atoms with E-state index >= 15 is 0 Å². The van der Waals surface area contributed by atoms with E-state index < -0.39 is 5.91 Å². The third-order valence-electron chi connectivity index (χ3n) is 4.53. The van der Waals surface area contributed by atoms with Crippen molar-refractivity contribution >= 4 is 40.2 Å². The van der Waals surface area contributed by atoms with E-state index in [0.717, 1.165) is 0 Å². The zero-order chi connectivity index (χ0) is 22.1. The lowest BCUT2D eigenvalue weighted by Gasteiger charge is -2.12. The number of nitrogens with one attached hydrogen (secondary N) is 2. The van der Waals surface area contributed by atoms with Crippen LogP contribution in [0.3, 0.4) is 0 Å². The second-order valence-electron chi connectivity index (χ2n) is 7.26. The van der Waals surface area contributed by atoms with Crippen LogP contribution < -0.4 is 10.6 Å². The molecule has 3 heterocycles. The SMILES string of the molecule is Cc1noc2nc(-c3ccco3)cc(C(=O)Nc3cc(C(=O)NC(C)C)ccc3Cl)c12. The zero-order valence-electron chi connectivity index (χ0n) is 17.0. The molecule has 4 aromatic rings. The zero-order valence-corrected chi connectivity index (χ0v) is 17.8. The quantitative estimate of drug-likeness (QED) is 0.461. The van der Waals surface area contributed by atoms with Gasteiger partial charge in [-0.3, -0.25) is 9.59 Å². The van der Waals surface area contributed by atoms with Crippen LogP contribution in [0, 0.1) is 6.92 Å². The first-order valence-electron chi connectivity index (χ1n) is 9.56. The standard InChI is InChI=1S/C22H19ClN4O4/c1-11(2)24-20(28)13-6-7-15(23)16(9-13)25-21(29)14-10-17(18-5-4-8-30-18)26-22-19(14)12(3)27-31-22/h4-11H,1-3H3,(H,24,28)(H,25,29). The molecule has 0 aliphatic carbocycles. The van der Waals surface area contributed by atoms with Gasteiger partial charge in [0.1, 0.15) is 5.69 Å². The Bertz CT molecular complexity index is 1280. The van der Waals surface area contributed by atoms with E-state index in [1.54, 1.807) is 37.3 Å². The first-order valence-corrected chi connectivity index (χ1v) is 9.94. The number of hydrogen-bond acceptors (Lipinski definition) is 6. The van der Waals surface area contributed by atoms with Crippen molar-refractivity contribution in [2.24, 2.45) is 0 Å². The largest absolute Gasteiger partial charge is 0.463 e. The van der Waals surface area contributed by atoms with Crippen LogP contribution >= 0.6 is 11.6 Å². The Hall–Kier alpha value is -3.65. The highest BCUT2D eigenvalue weighted by atomic mass is 35.5. The molecule has 8 nitrogen and oxygen atoms in total. The molecule has 3 aromatic heterocycles. The number of benzene rings is 1. The van der Waals surface area contributed by atoms with Gasteiger partial charge in [-0.2, -0.15) is 0 Å². The Kier molecular flexibility index (Phi) is 5.48. The number of fused-ring (bicyclic) bond motifs is 1. The summed E-state index contributed by atoms with van der Waals surface area (Å²) in [6, 6.07) is 9.72. The fourth-order valence-corrected chi connectivity index (χ4v) is 3.29. The number of carbonyl (C=O) groups is 2. The van der Waals surface area contributed by atoms with Crippen molar-refractivity contribution in [3.8, 4) is 11.5 Å². The number of aryl methyl sites for hydroxylation is 1. The molecular weight excluding hydrogens is 420 g/mol. The maximum Gasteiger partial charge on any atom is 0.259 e. The van der Waals surface area contributed by atoms with E-state index in [1.165, 1.54) is 12.3 Å². The molecule has 1 aromatic carbocycles. The highest BCUT2D eigenvalue weighted by Gasteiger charge is 2.21. The third-order valence-corrected chi connectivity index (χ3v) is 4.86. The number of pyridine rings is 1. The van der Waals surface area contributed by atoms with Crippen molar-refractivity contribution in [2.75, 3.05) is 5.32 Å². The normalized spacial score (nSPS) is 11.1. The van der Waals surface area contributed by atoms with Gasteiger partial charge in [0.2, 0.25) is 0 Å². The molecule has 31 heavy (non-hydrogen) atoms. The molecule has 4 rings (SSSR count). The summed E-state index contributed by atoms with van der Waals surface area (Å²) in [6.45, 7) is 5.45. The minimum absolute atomic E-state index is 0.0251. The molecule has 0 fully saturated rings. The summed E-state index contributed by atoms with van der Waals surface area (Å²) < 4.78 is 10.7. The number of aromatic nitrogens is 2. The minimum Gasteiger partial charge on any atom is -0.463 e. The highest BCUT2D eigenvalue weighted by molar-refractivity contribution is 6.34. The Morgan fingerprint density at radius 2 is 1.94 bits per heavy atom. The molecule has 0 radical (unpaired) electrons. The number of hydrogen-bond donors (Lipinski definition) is 2. The van der Waals surface area contributed by atoms with Gasteiger partial charge in [-0.25, -0.2) is 4.98 Å². The smallest absolute Gasteiger partial charge is 0.259 e. The molecule has 158 valence electrons. The number of rotatable bonds is 5. The average molecular weight is 439 g/mol. The van der Waals surface area contributed by atoms with E-state index in [1.807, 2.05) is 13.8 Å². The lowest BCUT2D eigenvalue weighted by atomic mass is 10.1. The summed E-state index contributed by atoms with van der Waals surface area (Å²) in [5, 5.41) is 10.3. The molecule has 0 aliphatic heterocycles. The van der Waals surface area contributed by atoms with Crippen molar-refractivity contribution in [3.05, 3.63) is 64.5 Å². The van der Waals surface area contributed by atoms with Gasteiger partial charge < -0.3 is 19.6 Å². The van der Waals surface area contributed by atoms with Gasteiger partial charge in [0.05, 0.1) is 33.6 Å². The molecule has 9 heteroatoms. The van der Waals surface area contributed by atoms with Gasteiger partial charge in [-0.15, -0.1) is 0 Å². The maximum atomic E-state index is 13.2. The monoisotopic (exact) mass is 438 g/mol. The summed E-state index contributed by atoms with van der Waals surface area (Å²) in [7, 11) is 0. The number of carbonyl (C=O) groups excluding carboxylic acids is 2. The second-order valence-corrected chi connectivity index (χ2v) is 7.66. The molecule has 0 bridgehead atoms. The van der Waals surface area contributed by atoms with Crippen LogP contribution in [0.4, 0.5) is 5.69 Å². The van der Waals surface area contributed by atoms with Crippen LogP contribution in [0.1, 0.15) is 40.3 Å². The number of furan rings is 1. The summed E-state index contributed by atoms with van der Waals surface area (Å²) in [4.78, 5) is 29.9. The molecular formula is C22H19ClN4O4. The van der Waals surface area contributed by atoms with Gasteiger partial charge >= 0.3 is 0 Å². The van der Waals surface area contributed by atoms with Crippen molar-refractivity contribution in [2.45, 2.75) is 26.8 Å². The first kappa shape index (κ1) is 20.6. The number of amides is 2. The van der Waals surface area contributed by atoms with Crippen LogP contribution in [-0.2, 0) is 0 Å². The lowest BCUT2D eigenvalue weighted by Crippen LogP contribution is -2.30. The molecule has 0 spiro atoms. The number of nitrogens with zero attached hydrogens (tertiary/aromatic N) is 2. The molecule has 0 unspecified atom stereocenters. The Balaban J connectivity index is 1.72. The van der Waals surface area contributed by atoms with Crippen LogP contribution in [0.2, 0.25) is 5.02 Å². The van der Waals surface area contributed by atoms with Gasteiger partial charge in [0, 0.05) is 11.6 Å². The van der Waals surface area contributed by atoms with Crippen molar-refractivity contribution < 1.29 is 18.5 Å². The van der Waals surface area contributed by atoms with Crippen molar-refractivity contribution in [1.82, 2.24) is 15.5 Å². The van der Waals surface area contributed by atoms with Crippen LogP contribution in [0.5, 0.6) is 0 Å². The van der Waals surface area contributed by atoms with Crippen LogP contribution in [0.15, 0.2) is 51.6 Å². The minimum atomic E-state index is -0.449. The van der Waals surface area contributed by atoms with Gasteiger partial charge in [-0.05, 0) is 57.2 Å². The Labute approximate surface area is 182 Å². The van der Waals surface area contributed by atoms with E-state index in [2.05, 4.69) is 20.8 Å². The molecule has 0 saturated carbocycles. The molecule has 0 atom stereocenters. The summed E-state index contributed by atoms with van der Waals surface area (Å²) in [6.07, 6.45) is 1.51. The fraction of sp³-hybridized carbons (Fsp3) is 0.182. The highest BCUT2D eigenvalue weighted by Crippen LogP contribution is 2.29. The van der Waals surface area contributed by atoms with E-state index in [-0.39, 0.29) is 17.7 Å². The van der Waals surface area contributed by atoms with E-state index in [9.17, 15) is 9.59 Å². The van der Waals surface area contributed by atoms with Crippen LogP contribution in [-0.4, -0.2) is 28.0 Å². The molecule has 0 saturated heterocycles. The van der Waals surface area contributed by atoms with Gasteiger partial charge in [-0.1, -0.05) is 16.8 Å². The molecule has 0 aliphatic rings. The third kappa shape index (κ3) is 4.15. The predicted octanol–water partition coefficient (Wildman–Crippen LogP) is 4.84. The summed E-state index contributed by atoms with van der Waals surface area (Å²) >= 11 is 6.27. The van der Waals surface area contributed by atoms with Crippen molar-refractivity contribution in [3.63, 3.8) is 0 Å². The fourth-order valence-electron chi connectivity index (χ4n) is 3.12. The predicted molar refractivity (Wildman–Crippen MR) is 116 cm³/mol. The average Bonchev–Trinajstić information content (AvgIpc) is 3.39. The summed E-state index contributed by atoms with van der Waals surface area (Å²) in [5.74, 6) is -0.228. The van der Waals surface area contributed by atoms with E-state index in [4.69, 9.17) is 20.5 Å². The lowest BCUT2D eigenvalue weighted by molar-refractivity contribution is 0.0942. The van der Waals surface area contributed by atoms with Gasteiger partial charge in [0.15, 0.2) is 5.76 Å². The van der Waals surface area contributed by atoms with E-state index in [0.29, 0.717) is 44.4 Å². The first-order chi connectivity index (χ1) is 14.8. The van der Waals surface area contributed by atoms with Gasteiger partial charge in [0.25, 0.3) is 17.5 Å². The topological polar surface area (TPSA) is 110 Å². The summed E-state index contributed by atoms with van der Waals surface area (Å²) in [5.41, 5.74) is 2.15. The maximum absolute atomic E-state index is 13.2. The Morgan fingerprint density at radius 1 is 1.13 bits per heavy atom. The molecule has 2 N–H and O–H groups in total. The second kappa shape index (κ2) is 8.23. The number of halogens is 1. The van der Waals surface area contributed by atoms with Crippen molar-refractivity contribution in [1.29, 1.82) is 0 Å².